The Morgan fingerprint density at radius 3 is 2.61 bits per heavy atom. The van der Waals surface area contributed by atoms with Crippen molar-refractivity contribution in [2.45, 2.75) is 26.3 Å². The highest BCUT2D eigenvalue weighted by Crippen LogP contribution is 1.93. The van der Waals surface area contributed by atoms with Crippen molar-refractivity contribution in [3.05, 3.63) is 12.7 Å². The predicted octanol–water partition coefficient (Wildman–Crippen LogP) is 0.987. The summed E-state index contributed by atoms with van der Waals surface area (Å²) in [6.07, 6.45) is 1.64. The van der Waals surface area contributed by atoms with Crippen LogP contribution >= 0.6 is 0 Å². The standard InChI is InChI=1S/C12H22N2O4/c1-4-5-10(11(15)16)14-12(17)13-6-7-18-8-9(2)3/h4,9-10H,1,5-8H2,2-3H3,(H,15,16)(H2,13,14,17). The summed E-state index contributed by atoms with van der Waals surface area (Å²) >= 11 is 0. The minimum absolute atomic E-state index is 0.187. The zero-order chi connectivity index (χ0) is 14.0. The highest BCUT2D eigenvalue weighted by Gasteiger charge is 2.17. The molecule has 6 heteroatoms. The Hall–Kier alpha value is -1.56. The van der Waals surface area contributed by atoms with Crippen molar-refractivity contribution in [1.29, 1.82) is 0 Å². The third-order valence-electron chi connectivity index (χ3n) is 1.99. The van der Waals surface area contributed by atoms with E-state index in [9.17, 15) is 9.59 Å². The highest BCUT2D eigenvalue weighted by atomic mass is 16.5. The lowest BCUT2D eigenvalue weighted by atomic mass is 10.2. The van der Waals surface area contributed by atoms with Gasteiger partial charge in [-0.1, -0.05) is 19.9 Å². The van der Waals surface area contributed by atoms with Gasteiger partial charge >= 0.3 is 12.0 Å². The van der Waals surface area contributed by atoms with Gasteiger partial charge in [0.25, 0.3) is 0 Å². The fourth-order valence-electron chi connectivity index (χ4n) is 1.15. The fraction of sp³-hybridized carbons (Fsp3) is 0.667. The van der Waals surface area contributed by atoms with Crippen LogP contribution in [0.4, 0.5) is 4.79 Å². The number of aliphatic carboxylic acids is 1. The van der Waals surface area contributed by atoms with Gasteiger partial charge in [0.2, 0.25) is 0 Å². The first-order valence-electron chi connectivity index (χ1n) is 5.93. The molecule has 2 amide bonds. The van der Waals surface area contributed by atoms with E-state index in [1.165, 1.54) is 6.08 Å². The molecular weight excluding hydrogens is 236 g/mol. The molecule has 0 aliphatic carbocycles. The molecule has 0 radical (unpaired) electrons. The van der Waals surface area contributed by atoms with Gasteiger partial charge in [0, 0.05) is 13.2 Å². The number of urea groups is 1. The number of carboxylic acid groups (broad SMARTS) is 1. The van der Waals surface area contributed by atoms with E-state index in [-0.39, 0.29) is 6.42 Å². The second kappa shape index (κ2) is 9.47. The van der Waals surface area contributed by atoms with E-state index in [1.54, 1.807) is 0 Å². The molecule has 0 saturated heterocycles. The molecule has 104 valence electrons. The fourth-order valence-corrected chi connectivity index (χ4v) is 1.15. The molecule has 0 rings (SSSR count). The average molecular weight is 258 g/mol. The normalized spacial score (nSPS) is 11.9. The van der Waals surface area contributed by atoms with Gasteiger partial charge in [-0.25, -0.2) is 9.59 Å². The average Bonchev–Trinajstić information content (AvgIpc) is 2.27. The third-order valence-corrected chi connectivity index (χ3v) is 1.99. The van der Waals surface area contributed by atoms with Crippen LogP contribution in [0, 0.1) is 5.92 Å². The molecule has 18 heavy (non-hydrogen) atoms. The monoisotopic (exact) mass is 258 g/mol. The number of hydrogen-bond donors (Lipinski definition) is 3. The Balaban J connectivity index is 3.75. The van der Waals surface area contributed by atoms with Crippen LogP contribution in [0.1, 0.15) is 20.3 Å². The summed E-state index contributed by atoms with van der Waals surface area (Å²) in [5.74, 6) is -0.635. The van der Waals surface area contributed by atoms with E-state index in [0.29, 0.717) is 25.7 Å². The Morgan fingerprint density at radius 2 is 2.11 bits per heavy atom. The van der Waals surface area contributed by atoms with Crippen LogP contribution < -0.4 is 10.6 Å². The number of carbonyl (C=O) groups is 2. The van der Waals surface area contributed by atoms with E-state index >= 15 is 0 Å². The number of nitrogens with one attached hydrogen (secondary N) is 2. The maximum atomic E-state index is 11.4. The van der Waals surface area contributed by atoms with Crippen molar-refractivity contribution in [3.8, 4) is 0 Å². The van der Waals surface area contributed by atoms with Crippen LogP contribution in [0.5, 0.6) is 0 Å². The van der Waals surface area contributed by atoms with Crippen LogP contribution in [0.15, 0.2) is 12.7 Å². The number of ether oxygens (including phenoxy) is 1. The van der Waals surface area contributed by atoms with Gasteiger partial charge in [-0.05, 0) is 12.3 Å². The van der Waals surface area contributed by atoms with E-state index in [0.717, 1.165) is 0 Å². The number of amides is 2. The van der Waals surface area contributed by atoms with Crippen LogP contribution in [0.3, 0.4) is 0 Å². The van der Waals surface area contributed by atoms with Crippen molar-refractivity contribution >= 4 is 12.0 Å². The van der Waals surface area contributed by atoms with Gasteiger partial charge in [-0.3, -0.25) is 0 Å². The van der Waals surface area contributed by atoms with E-state index in [4.69, 9.17) is 9.84 Å². The summed E-state index contributed by atoms with van der Waals surface area (Å²) in [5.41, 5.74) is 0. The van der Waals surface area contributed by atoms with Gasteiger partial charge in [0.05, 0.1) is 6.61 Å². The van der Waals surface area contributed by atoms with Crippen LogP contribution in [-0.4, -0.2) is 42.9 Å². The summed E-state index contributed by atoms with van der Waals surface area (Å²) in [5, 5.41) is 13.7. The SMILES string of the molecule is C=CCC(NC(=O)NCCOCC(C)C)C(=O)O. The number of carboxylic acids is 1. The summed E-state index contributed by atoms with van der Waals surface area (Å²) < 4.78 is 5.27. The molecule has 0 bridgehead atoms. The van der Waals surface area contributed by atoms with E-state index < -0.39 is 18.0 Å². The third kappa shape index (κ3) is 8.58. The van der Waals surface area contributed by atoms with E-state index in [2.05, 4.69) is 17.2 Å². The second-order valence-electron chi connectivity index (χ2n) is 4.28. The molecule has 0 aromatic carbocycles. The smallest absolute Gasteiger partial charge is 0.326 e. The number of hydrogen-bond acceptors (Lipinski definition) is 3. The Morgan fingerprint density at radius 1 is 1.44 bits per heavy atom. The maximum Gasteiger partial charge on any atom is 0.326 e. The second-order valence-corrected chi connectivity index (χ2v) is 4.28. The highest BCUT2D eigenvalue weighted by molar-refractivity contribution is 5.82. The first-order chi connectivity index (χ1) is 8.47. The lowest BCUT2D eigenvalue weighted by molar-refractivity contribution is -0.139. The van der Waals surface area contributed by atoms with Crippen molar-refractivity contribution in [3.63, 3.8) is 0 Å². The van der Waals surface area contributed by atoms with Crippen molar-refractivity contribution < 1.29 is 19.4 Å². The molecule has 0 aliphatic rings. The van der Waals surface area contributed by atoms with Crippen LogP contribution in [-0.2, 0) is 9.53 Å². The van der Waals surface area contributed by atoms with Crippen molar-refractivity contribution in [1.82, 2.24) is 10.6 Å². The predicted molar refractivity (Wildman–Crippen MR) is 68.4 cm³/mol. The molecule has 1 unspecified atom stereocenters. The lowest BCUT2D eigenvalue weighted by Gasteiger charge is -2.13. The van der Waals surface area contributed by atoms with Crippen molar-refractivity contribution in [2.24, 2.45) is 5.92 Å². The molecule has 1 atom stereocenters. The summed E-state index contributed by atoms with van der Waals surface area (Å²) in [4.78, 5) is 22.1. The van der Waals surface area contributed by atoms with Crippen LogP contribution in [0.25, 0.3) is 0 Å². The molecule has 0 aliphatic heterocycles. The zero-order valence-electron chi connectivity index (χ0n) is 10.9. The van der Waals surface area contributed by atoms with Crippen LogP contribution in [0.2, 0.25) is 0 Å². The summed E-state index contributed by atoms with van der Waals surface area (Å²) in [6.45, 7) is 8.90. The van der Waals surface area contributed by atoms with E-state index in [1.807, 2.05) is 13.8 Å². The molecule has 3 N–H and O–H groups in total. The van der Waals surface area contributed by atoms with Gasteiger partial charge in [0.1, 0.15) is 6.04 Å². The molecular formula is C12H22N2O4. The van der Waals surface area contributed by atoms with Gasteiger partial charge < -0.3 is 20.5 Å². The minimum atomic E-state index is -1.08. The summed E-state index contributed by atoms with van der Waals surface area (Å²) in [7, 11) is 0. The Kier molecular flexibility index (Phi) is 8.65. The number of rotatable bonds is 9. The zero-order valence-corrected chi connectivity index (χ0v) is 10.9. The largest absolute Gasteiger partial charge is 0.480 e. The maximum absolute atomic E-state index is 11.4. The quantitative estimate of drug-likeness (QED) is 0.425. The topological polar surface area (TPSA) is 87.7 Å². The molecule has 0 aromatic rings. The molecule has 0 aromatic heterocycles. The first-order valence-corrected chi connectivity index (χ1v) is 5.93. The summed E-state index contributed by atoms with van der Waals surface area (Å²) in [6, 6.07) is -1.46. The van der Waals surface area contributed by atoms with Crippen molar-refractivity contribution in [2.75, 3.05) is 19.8 Å². The number of carbonyl (C=O) groups excluding carboxylic acids is 1. The molecule has 6 nitrogen and oxygen atoms in total. The Labute approximate surface area is 107 Å². The molecule has 0 heterocycles. The van der Waals surface area contributed by atoms with Gasteiger partial charge in [-0.15, -0.1) is 6.58 Å². The lowest BCUT2D eigenvalue weighted by Crippen LogP contribution is -2.46. The Bertz CT molecular complexity index is 279. The molecule has 0 spiro atoms. The van der Waals surface area contributed by atoms with Gasteiger partial charge in [-0.2, -0.15) is 0 Å². The minimum Gasteiger partial charge on any atom is -0.480 e. The molecule has 0 saturated carbocycles. The molecule has 0 fully saturated rings. The first kappa shape index (κ1) is 16.4. The van der Waals surface area contributed by atoms with Gasteiger partial charge in [0.15, 0.2) is 0 Å².